The topological polar surface area (TPSA) is 86.3 Å². The Morgan fingerprint density at radius 2 is 2.11 bits per heavy atom. The summed E-state index contributed by atoms with van der Waals surface area (Å²) in [5.41, 5.74) is 7.64. The van der Waals surface area contributed by atoms with Gasteiger partial charge in [0.1, 0.15) is 11.3 Å². The smallest absolute Gasteiger partial charge is 0.267 e. The highest BCUT2D eigenvalue weighted by molar-refractivity contribution is 5.90. The maximum absolute atomic E-state index is 11.6. The summed E-state index contributed by atoms with van der Waals surface area (Å²) in [6, 6.07) is 3.81. The molecule has 4 rings (SSSR count). The zero-order chi connectivity index (χ0) is 19.0. The Morgan fingerprint density at radius 1 is 1.37 bits per heavy atom. The Balaban J connectivity index is 1.65. The Hall–Kier alpha value is -2.25. The number of aryl methyl sites for hydroxylation is 1. The normalized spacial score (nSPS) is 28.2. The van der Waals surface area contributed by atoms with Crippen LogP contribution in [0.3, 0.4) is 0 Å². The van der Waals surface area contributed by atoms with Crippen LogP contribution in [-0.2, 0) is 23.9 Å². The molecular formula is C20H27N5O2. The predicted octanol–water partition coefficient (Wildman–Crippen LogP) is 1.69. The summed E-state index contributed by atoms with van der Waals surface area (Å²) in [6.07, 6.45) is 8.90. The molecule has 2 aromatic rings. The van der Waals surface area contributed by atoms with Crippen molar-refractivity contribution in [2.45, 2.75) is 31.4 Å². The van der Waals surface area contributed by atoms with Crippen LogP contribution >= 0.6 is 0 Å². The van der Waals surface area contributed by atoms with Crippen LogP contribution in [0.5, 0.6) is 0 Å². The van der Waals surface area contributed by atoms with Crippen LogP contribution < -0.4 is 5.73 Å². The summed E-state index contributed by atoms with van der Waals surface area (Å²) in [5, 5.41) is 0. The van der Waals surface area contributed by atoms with Crippen LogP contribution in [0.15, 0.2) is 30.9 Å². The number of nitrogens with two attached hydrogens (primary N) is 1. The fourth-order valence-electron chi connectivity index (χ4n) is 5.15. The summed E-state index contributed by atoms with van der Waals surface area (Å²) in [5.74, 6) is 0.236. The van der Waals surface area contributed by atoms with Gasteiger partial charge in [-0.1, -0.05) is 6.42 Å². The molecule has 144 valence electrons. The molecule has 1 aliphatic heterocycles. The molecule has 1 amide bonds. The first-order valence-electron chi connectivity index (χ1n) is 9.53. The number of carbonyl (C=O) groups is 1. The summed E-state index contributed by atoms with van der Waals surface area (Å²) in [7, 11) is 3.83. The van der Waals surface area contributed by atoms with E-state index in [0.717, 1.165) is 38.0 Å². The van der Waals surface area contributed by atoms with Gasteiger partial charge in [-0.25, -0.2) is 4.98 Å². The third kappa shape index (κ3) is 3.04. The number of primary amides is 1. The SMILES string of the molecule is COC1(c2ccnc(C(N)=O)c2)[C@@H]2CCC[C@H]1CN(Cc1cncn1C)C2. The molecule has 1 aliphatic carbocycles. The number of pyridine rings is 1. The third-order valence-corrected chi connectivity index (χ3v) is 6.38. The van der Waals surface area contributed by atoms with E-state index in [9.17, 15) is 4.79 Å². The highest BCUT2D eigenvalue weighted by Crippen LogP contribution is 2.51. The van der Waals surface area contributed by atoms with E-state index in [2.05, 4.69) is 19.4 Å². The number of aromatic nitrogens is 3. The van der Waals surface area contributed by atoms with E-state index in [1.807, 2.05) is 31.7 Å². The lowest BCUT2D eigenvalue weighted by Crippen LogP contribution is -2.58. The first-order valence-corrected chi connectivity index (χ1v) is 9.53. The standard InChI is InChI=1S/C20H27N5O2/c1-24-13-22-9-17(24)12-25-10-15-4-3-5-16(11-25)20(15,27-2)14-6-7-23-18(8-14)19(21)26/h6-9,13,15-16H,3-5,10-12H2,1-2H3,(H2,21,26)/t15-,16+,20?. The average Bonchev–Trinajstić information content (AvgIpc) is 3.05. The number of hydrogen-bond acceptors (Lipinski definition) is 5. The van der Waals surface area contributed by atoms with Crippen molar-refractivity contribution < 1.29 is 9.53 Å². The molecule has 3 heterocycles. The van der Waals surface area contributed by atoms with Crippen LogP contribution in [0.1, 0.15) is 41.0 Å². The van der Waals surface area contributed by atoms with Crippen LogP contribution in [0.2, 0.25) is 0 Å². The molecule has 27 heavy (non-hydrogen) atoms. The molecule has 7 heteroatoms. The summed E-state index contributed by atoms with van der Waals surface area (Å²) < 4.78 is 8.33. The largest absolute Gasteiger partial charge is 0.373 e. The van der Waals surface area contributed by atoms with E-state index in [4.69, 9.17) is 10.5 Å². The van der Waals surface area contributed by atoms with E-state index >= 15 is 0 Å². The average molecular weight is 369 g/mol. The summed E-state index contributed by atoms with van der Waals surface area (Å²) >= 11 is 0. The highest BCUT2D eigenvalue weighted by Gasteiger charge is 2.53. The zero-order valence-corrected chi connectivity index (χ0v) is 16.0. The molecule has 7 nitrogen and oxygen atoms in total. The molecule has 2 aliphatic rings. The highest BCUT2D eigenvalue weighted by atomic mass is 16.5. The molecule has 3 atom stereocenters. The summed E-state index contributed by atoms with van der Waals surface area (Å²) in [4.78, 5) is 22.5. The number of fused-ring (bicyclic) bond motifs is 2. The fourth-order valence-corrected chi connectivity index (χ4v) is 5.15. The number of amides is 1. The number of carbonyl (C=O) groups excluding carboxylic acids is 1. The van der Waals surface area contributed by atoms with Gasteiger partial charge in [0.05, 0.1) is 12.0 Å². The number of likely N-dealkylation sites (tertiary alicyclic amines) is 1. The van der Waals surface area contributed by atoms with Gasteiger partial charge in [-0.2, -0.15) is 0 Å². The maximum atomic E-state index is 11.6. The van der Waals surface area contributed by atoms with E-state index < -0.39 is 5.91 Å². The lowest BCUT2D eigenvalue weighted by Gasteiger charge is -2.55. The second-order valence-corrected chi connectivity index (χ2v) is 7.81. The quantitative estimate of drug-likeness (QED) is 0.867. The molecule has 0 radical (unpaired) electrons. The van der Waals surface area contributed by atoms with E-state index in [0.29, 0.717) is 17.5 Å². The molecule has 2 fully saturated rings. The first kappa shape index (κ1) is 18.1. The number of methoxy groups -OCH3 is 1. The number of hydrogen-bond donors (Lipinski definition) is 1. The van der Waals surface area contributed by atoms with Crippen molar-refractivity contribution in [2.24, 2.45) is 24.6 Å². The van der Waals surface area contributed by atoms with E-state index in [-0.39, 0.29) is 5.60 Å². The third-order valence-electron chi connectivity index (χ3n) is 6.38. The molecule has 2 aromatic heterocycles. The Bertz CT molecular complexity index is 819. The number of nitrogens with zero attached hydrogens (tertiary/aromatic N) is 4. The van der Waals surface area contributed by atoms with Crippen LogP contribution in [0, 0.1) is 11.8 Å². The molecule has 1 unspecified atom stereocenters. The maximum Gasteiger partial charge on any atom is 0.267 e. The molecule has 0 spiro atoms. The van der Waals surface area contributed by atoms with Crippen molar-refractivity contribution >= 4 is 5.91 Å². The van der Waals surface area contributed by atoms with Crippen molar-refractivity contribution in [3.8, 4) is 0 Å². The Kier molecular flexibility index (Phi) is 4.74. The van der Waals surface area contributed by atoms with Crippen molar-refractivity contribution in [2.75, 3.05) is 20.2 Å². The molecule has 2 N–H and O–H groups in total. The molecule has 1 saturated carbocycles. The molecule has 0 aromatic carbocycles. The van der Waals surface area contributed by atoms with Gasteiger partial charge >= 0.3 is 0 Å². The molecule has 2 bridgehead atoms. The van der Waals surface area contributed by atoms with Crippen molar-refractivity contribution in [1.29, 1.82) is 0 Å². The second kappa shape index (κ2) is 7.05. The monoisotopic (exact) mass is 369 g/mol. The number of imidazole rings is 1. The van der Waals surface area contributed by atoms with Crippen molar-refractivity contribution in [3.63, 3.8) is 0 Å². The van der Waals surface area contributed by atoms with Crippen LogP contribution in [0.25, 0.3) is 0 Å². The minimum absolute atomic E-state index is 0.305. The van der Waals surface area contributed by atoms with Gasteiger partial charge in [-0.3, -0.25) is 14.7 Å². The lowest BCUT2D eigenvalue weighted by atomic mass is 9.62. The second-order valence-electron chi connectivity index (χ2n) is 7.81. The first-order chi connectivity index (χ1) is 13.0. The molecule has 1 saturated heterocycles. The van der Waals surface area contributed by atoms with Crippen LogP contribution in [0.4, 0.5) is 0 Å². The van der Waals surface area contributed by atoms with Crippen LogP contribution in [-0.4, -0.2) is 45.5 Å². The zero-order valence-electron chi connectivity index (χ0n) is 16.0. The predicted molar refractivity (Wildman–Crippen MR) is 101 cm³/mol. The summed E-state index contributed by atoms with van der Waals surface area (Å²) in [6.45, 7) is 2.82. The Labute approximate surface area is 159 Å². The minimum atomic E-state index is -0.498. The van der Waals surface area contributed by atoms with Gasteiger partial charge in [0.2, 0.25) is 0 Å². The van der Waals surface area contributed by atoms with Gasteiger partial charge < -0.3 is 15.0 Å². The minimum Gasteiger partial charge on any atom is -0.373 e. The lowest BCUT2D eigenvalue weighted by molar-refractivity contribution is -0.170. The van der Waals surface area contributed by atoms with Crippen molar-refractivity contribution in [3.05, 3.63) is 47.8 Å². The number of rotatable bonds is 5. The van der Waals surface area contributed by atoms with Gasteiger partial charge in [-0.15, -0.1) is 0 Å². The van der Waals surface area contributed by atoms with Gasteiger partial charge in [0.25, 0.3) is 5.91 Å². The number of piperidine rings is 1. The fraction of sp³-hybridized carbons (Fsp3) is 0.550. The Morgan fingerprint density at radius 3 is 2.70 bits per heavy atom. The van der Waals surface area contributed by atoms with Crippen molar-refractivity contribution in [1.82, 2.24) is 19.4 Å². The molecular weight excluding hydrogens is 342 g/mol. The van der Waals surface area contributed by atoms with E-state index in [1.54, 1.807) is 13.3 Å². The van der Waals surface area contributed by atoms with Gasteiger partial charge in [-0.05, 0) is 30.5 Å². The number of ether oxygens (including phenoxy) is 1. The van der Waals surface area contributed by atoms with E-state index in [1.165, 1.54) is 12.1 Å². The van der Waals surface area contributed by atoms with Gasteiger partial charge in [0.15, 0.2) is 0 Å². The van der Waals surface area contributed by atoms with Gasteiger partial charge in [0, 0.05) is 58.0 Å².